The summed E-state index contributed by atoms with van der Waals surface area (Å²) in [5.74, 6) is 0.0963. The molecule has 0 aliphatic heterocycles. The van der Waals surface area contributed by atoms with Gasteiger partial charge >= 0.3 is 5.97 Å². The van der Waals surface area contributed by atoms with Crippen molar-refractivity contribution in [3.63, 3.8) is 0 Å². The van der Waals surface area contributed by atoms with Crippen LogP contribution in [0.4, 0.5) is 0 Å². The smallest absolute Gasteiger partial charge is 0.303 e. The Bertz CT molecular complexity index is 258. The molecule has 0 rings (SSSR count). The molecule has 0 aliphatic rings. The summed E-state index contributed by atoms with van der Waals surface area (Å²) in [5, 5.41) is 10.9. The zero-order chi connectivity index (χ0) is 14.2. The summed E-state index contributed by atoms with van der Waals surface area (Å²) < 4.78 is 5.30. The van der Waals surface area contributed by atoms with Crippen molar-refractivity contribution in [3.8, 4) is 12.1 Å². The number of hydrogen-bond donors (Lipinski definition) is 2. The number of carbonyl (C=O) groups excluding carboxylic acids is 1. The minimum atomic E-state index is -0.924. The predicted octanol–water partition coefficient (Wildman–Crippen LogP) is 1.93. The molecule has 0 spiro atoms. The molecule has 5 nitrogen and oxygen atoms in total. The molecule has 0 aromatic carbocycles. The van der Waals surface area contributed by atoms with Crippen molar-refractivity contribution < 1.29 is 19.2 Å². The molecule has 0 radical (unpaired) electrons. The van der Waals surface area contributed by atoms with Crippen LogP contribution >= 0.6 is 18.7 Å². The fraction of sp³-hybridized carbons (Fsp3) is 0.636. The molecule has 0 saturated carbocycles. The van der Waals surface area contributed by atoms with E-state index in [9.17, 15) is 9.59 Å². The summed E-state index contributed by atoms with van der Waals surface area (Å²) in [5.41, 5.74) is 2.64. The average molecular weight is 293 g/mol. The third-order valence-corrected chi connectivity index (χ3v) is 4.60. The second-order valence-corrected chi connectivity index (χ2v) is 6.31. The van der Waals surface area contributed by atoms with Crippen LogP contribution in [-0.4, -0.2) is 43.3 Å². The fourth-order valence-corrected chi connectivity index (χ4v) is 3.10. The van der Waals surface area contributed by atoms with Gasteiger partial charge in [0.2, 0.25) is 0 Å². The Balaban J connectivity index is 0. The molecule has 0 saturated heterocycles. The van der Waals surface area contributed by atoms with Crippen molar-refractivity contribution in [2.75, 3.05) is 26.0 Å². The van der Waals surface area contributed by atoms with Crippen molar-refractivity contribution in [3.05, 3.63) is 0 Å². The molecule has 0 amide bonds. The van der Waals surface area contributed by atoms with Crippen LogP contribution < -0.4 is 5.32 Å². The van der Waals surface area contributed by atoms with Gasteiger partial charge < -0.3 is 19.7 Å². The molecule has 18 heavy (non-hydrogen) atoms. The number of rotatable bonds is 9. The van der Waals surface area contributed by atoms with E-state index in [-0.39, 0.29) is 12.8 Å². The van der Waals surface area contributed by atoms with Crippen molar-refractivity contribution in [1.82, 2.24) is 5.32 Å². The van der Waals surface area contributed by atoms with Gasteiger partial charge in [0.05, 0.1) is 13.0 Å². The highest BCUT2D eigenvalue weighted by atomic mass is 32.7. The highest BCUT2D eigenvalue weighted by Gasteiger charge is 2.03. The van der Waals surface area contributed by atoms with Crippen molar-refractivity contribution in [2.24, 2.45) is 0 Å². The molecule has 0 aromatic heterocycles. The first-order valence-corrected chi connectivity index (χ1v) is 8.29. The number of aliphatic carboxylic acids is 1. The lowest BCUT2D eigenvalue weighted by molar-refractivity contribution is -0.137. The van der Waals surface area contributed by atoms with E-state index in [0.717, 1.165) is 12.3 Å². The summed E-state index contributed by atoms with van der Waals surface area (Å²) >= 11 is 1.71. The molecule has 2 N–H and O–H groups in total. The first-order chi connectivity index (χ1) is 8.62. The average Bonchev–Trinajstić information content (AvgIpc) is 2.36. The van der Waals surface area contributed by atoms with Crippen LogP contribution in [0.3, 0.4) is 0 Å². The SMILES string of the molecule is C#CP(OCC)SCCNC.O=CCCC(=O)O. The van der Waals surface area contributed by atoms with Gasteiger partial charge in [0, 0.05) is 18.7 Å². The first kappa shape index (κ1) is 19.7. The number of hydrogen-bond acceptors (Lipinski definition) is 5. The summed E-state index contributed by atoms with van der Waals surface area (Å²) in [6.07, 6.45) is 5.91. The van der Waals surface area contributed by atoms with E-state index in [1.165, 1.54) is 0 Å². The summed E-state index contributed by atoms with van der Waals surface area (Å²) in [4.78, 5) is 19.0. The van der Waals surface area contributed by atoms with Crippen LogP contribution in [0.15, 0.2) is 0 Å². The molecule has 0 fully saturated rings. The molecule has 0 heterocycles. The van der Waals surface area contributed by atoms with Crippen LogP contribution in [0.25, 0.3) is 0 Å². The summed E-state index contributed by atoms with van der Waals surface area (Å²) in [6.45, 7) is 3.66. The minimum Gasteiger partial charge on any atom is -0.481 e. The van der Waals surface area contributed by atoms with E-state index in [0.29, 0.717) is 12.9 Å². The molecule has 104 valence electrons. The lowest BCUT2D eigenvalue weighted by atomic mass is 10.3. The topological polar surface area (TPSA) is 75.6 Å². The van der Waals surface area contributed by atoms with Crippen LogP contribution in [0.2, 0.25) is 0 Å². The Morgan fingerprint density at radius 2 is 2.33 bits per heavy atom. The van der Waals surface area contributed by atoms with Gasteiger partial charge in [-0.2, -0.15) is 0 Å². The molecule has 7 heteroatoms. The van der Waals surface area contributed by atoms with Gasteiger partial charge in [-0.25, -0.2) is 0 Å². The van der Waals surface area contributed by atoms with Gasteiger partial charge in [-0.3, -0.25) is 4.79 Å². The van der Waals surface area contributed by atoms with E-state index < -0.39 is 13.3 Å². The van der Waals surface area contributed by atoms with E-state index in [4.69, 9.17) is 16.1 Å². The van der Waals surface area contributed by atoms with Crippen molar-refractivity contribution in [1.29, 1.82) is 0 Å². The standard InChI is InChI=1S/C7H14NOPS.C4H6O3/c1-4-9-10(5-2)11-7-6-8-3;5-3-1-2-4(6)7/h2,8H,4,6-7H2,1,3H3;3H,1-2H2,(H,6,7). The van der Waals surface area contributed by atoms with Gasteiger partial charge in [0.15, 0.2) is 7.35 Å². The Labute approximate surface area is 114 Å². The second-order valence-electron chi connectivity index (χ2n) is 2.84. The monoisotopic (exact) mass is 293 g/mol. The maximum Gasteiger partial charge on any atom is 0.303 e. The Morgan fingerprint density at radius 3 is 2.67 bits per heavy atom. The van der Waals surface area contributed by atoms with E-state index >= 15 is 0 Å². The number of carboxylic acids is 1. The minimum absolute atomic E-state index is 0.0521. The predicted molar refractivity (Wildman–Crippen MR) is 76.7 cm³/mol. The Morgan fingerprint density at radius 1 is 1.67 bits per heavy atom. The van der Waals surface area contributed by atoms with Crippen LogP contribution in [0.1, 0.15) is 19.8 Å². The maximum absolute atomic E-state index is 9.60. The Hall–Kier alpha value is -0.600. The first-order valence-electron chi connectivity index (χ1n) is 5.44. The third-order valence-electron chi connectivity index (χ3n) is 1.39. The number of nitrogens with one attached hydrogen (secondary N) is 1. The lowest BCUT2D eigenvalue weighted by Crippen LogP contribution is -2.09. The fourth-order valence-electron chi connectivity index (χ4n) is 0.642. The maximum atomic E-state index is 9.60. The molecule has 0 aliphatic carbocycles. The van der Waals surface area contributed by atoms with E-state index in [1.807, 2.05) is 14.0 Å². The van der Waals surface area contributed by atoms with Gasteiger partial charge in [0.1, 0.15) is 6.29 Å². The molecule has 1 atom stereocenters. The summed E-state index contributed by atoms with van der Waals surface area (Å²) in [7, 11) is 1.26. The largest absolute Gasteiger partial charge is 0.481 e. The van der Waals surface area contributed by atoms with E-state index in [2.05, 4.69) is 11.0 Å². The Kier molecular flexibility index (Phi) is 18.0. The molecular formula is C11H20NO4PS. The normalized spacial score (nSPS) is 10.7. The van der Waals surface area contributed by atoms with Crippen LogP contribution in [0, 0.1) is 12.1 Å². The highest BCUT2D eigenvalue weighted by molar-refractivity contribution is 8.55. The number of aldehydes is 1. The van der Waals surface area contributed by atoms with E-state index in [1.54, 1.807) is 11.4 Å². The number of carboxylic acid groups (broad SMARTS) is 1. The molecule has 0 bridgehead atoms. The van der Waals surface area contributed by atoms with Crippen molar-refractivity contribution in [2.45, 2.75) is 19.8 Å². The molecule has 1 unspecified atom stereocenters. The van der Waals surface area contributed by atoms with Crippen LogP contribution in [0.5, 0.6) is 0 Å². The van der Waals surface area contributed by atoms with Gasteiger partial charge in [0.25, 0.3) is 0 Å². The number of carbonyl (C=O) groups is 2. The zero-order valence-electron chi connectivity index (χ0n) is 10.7. The highest BCUT2D eigenvalue weighted by Crippen LogP contribution is 2.48. The lowest BCUT2D eigenvalue weighted by Gasteiger charge is -2.07. The van der Waals surface area contributed by atoms with Crippen LogP contribution in [-0.2, 0) is 14.1 Å². The zero-order valence-corrected chi connectivity index (χ0v) is 12.4. The summed E-state index contributed by atoms with van der Waals surface area (Å²) in [6, 6.07) is 0. The van der Waals surface area contributed by atoms with Crippen molar-refractivity contribution >= 4 is 31.0 Å². The van der Waals surface area contributed by atoms with Gasteiger partial charge in [-0.1, -0.05) is 11.4 Å². The quantitative estimate of drug-likeness (QED) is 0.293. The molecular weight excluding hydrogens is 273 g/mol. The second kappa shape index (κ2) is 16.4. The third kappa shape index (κ3) is 17.8. The molecule has 0 aromatic rings. The van der Waals surface area contributed by atoms with Gasteiger partial charge in [-0.15, -0.1) is 6.42 Å². The van der Waals surface area contributed by atoms with Gasteiger partial charge in [-0.05, 0) is 19.6 Å². The number of terminal acetylenes is 1.